The van der Waals surface area contributed by atoms with Gasteiger partial charge in [0.05, 0.1) is 11.2 Å². The van der Waals surface area contributed by atoms with Crippen molar-refractivity contribution < 1.29 is 14.1 Å². The third-order valence-corrected chi connectivity index (χ3v) is 5.12. The molecule has 1 aromatic heterocycles. The van der Waals surface area contributed by atoms with E-state index in [0.717, 1.165) is 23.7 Å². The van der Waals surface area contributed by atoms with Crippen LogP contribution in [0.5, 0.6) is 0 Å². The van der Waals surface area contributed by atoms with Crippen molar-refractivity contribution in [2.24, 2.45) is 0 Å². The fourth-order valence-electron chi connectivity index (χ4n) is 2.60. The number of rotatable bonds is 3. The van der Waals surface area contributed by atoms with Gasteiger partial charge in [-0.05, 0) is 18.9 Å². The maximum absolute atomic E-state index is 11.4. The number of hydrogen-bond acceptors (Lipinski definition) is 4. The quantitative estimate of drug-likeness (QED) is 0.909. The minimum atomic E-state index is -0.991. The number of carboxylic acid groups (broad SMARTS) is 1. The van der Waals surface area contributed by atoms with Crippen LogP contribution in [-0.4, -0.2) is 37.8 Å². The monoisotopic (exact) mass is 304 g/mol. The molecule has 1 fully saturated rings. The Morgan fingerprint density at radius 1 is 1.29 bits per heavy atom. The summed E-state index contributed by atoms with van der Waals surface area (Å²) >= 11 is 0. The van der Waals surface area contributed by atoms with Gasteiger partial charge in [-0.3, -0.25) is 9.19 Å². The maximum atomic E-state index is 11.4. The number of nitrogens with one attached hydrogen (secondary N) is 1. The zero-order valence-corrected chi connectivity index (χ0v) is 12.2. The van der Waals surface area contributed by atoms with E-state index in [1.165, 1.54) is 6.20 Å². The molecule has 1 aliphatic rings. The van der Waals surface area contributed by atoms with Gasteiger partial charge in [-0.1, -0.05) is 18.2 Å². The average molecular weight is 304 g/mol. The van der Waals surface area contributed by atoms with E-state index >= 15 is 0 Å². The number of aromatic nitrogens is 1. The number of benzene rings is 1. The molecule has 0 radical (unpaired) electrons. The molecule has 2 aromatic rings. The Balaban J connectivity index is 2.00. The fraction of sp³-hybridized carbons (Fsp3) is 0.333. The number of carbonyl (C=O) groups is 1. The number of para-hydroxylation sites is 1. The fourth-order valence-corrected chi connectivity index (χ4v) is 3.90. The molecule has 0 spiro atoms. The van der Waals surface area contributed by atoms with E-state index in [1.807, 2.05) is 24.3 Å². The van der Waals surface area contributed by atoms with Crippen LogP contribution in [0.1, 0.15) is 23.2 Å². The number of carboxylic acids is 1. The lowest BCUT2D eigenvalue weighted by molar-refractivity contribution is 0.0697. The van der Waals surface area contributed by atoms with E-state index in [0.29, 0.717) is 17.2 Å². The summed E-state index contributed by atoms with van der Waals surface area (Å²) in [5.41, 5.74) is 1.57. The van der Waals surface area contributed by atoms with Crippen LogP contribution in [0.25, 0.3) is 10.9 Å². The van der Waals surface area contributed by atoms with Gasteiger partial charge in [0, 0.05) is 39.9 Å². The molecule has 0 amide bonds. The molecular weight excluding hydrogens is 288 g/mol. The SMILES string of the molecule is O=C(O)c1cnc2ccccc2c1NC1CCS(=O)CC1. The highest BCUT2D eigenvalue weighted by Crippen LogP contribution is 2.28. The first-order valence-corrected chi connectivity index (χ1v) is 8.36. The number of pyridine rings is 1. The Morgan fingerprint density at radius 2 is 2.00 bits per heavy atom. The summed E-state index contributed by atoms with van der Waals surface area (Å²) in [6.07, 6.45) is 2.98. The van der Waals surface area contributed by atoms with Crippen LogP contribution < -0.4 is 5.32 Å². The van der Waals surface area contributed by atoms with Crippen molar-refractivity contribution in [3.8, 4) is 0 Å². The van der Waals surface area contributed by atoms with Crippen LogP contribution in [0.15, 0.2) is 30.5 Å². The molecule has 0 saturated carbocycles. The Labute approximate surface area is 124 Å². The molecular formula is C15H16N2O3S. The van der Waals surface area contributed by atoms with Gasteiger partial charge in [-0.15, -0.1) is 0 Å². The highest BCUT2D eigenvalue weighted by Gasteiger charge is 2.21. The minimum Gasteiger partial charge on any atom is -0.478 e. The molecule has 3 rings (SSSR count). The van der Waals surface area contributed by atoms with Crippen LogP contribution in [0.2, 0.25) is 0 Å². The molecule has 2 N–H and O–H groups in total. The summed E-state index contributed by atoms with van der Waals surface area (Å²) in [4.78, 5) is 15.6. The Morgan fingerprint density at radius 3 is 2.71 bits per heavy atom. The third-order valence-electron chi connectivity index (χ3n) is 3.74. The van der Waals surface area contributed by atoms with Gasteiger partial charge < -0.3 is 10.4 Å². The van der Waals surface area contributed by atoms with Crippen molar-refractivity contribution >= 4 is 33.4 Å². The molecule has 1 aliphatic heterocycles. The minimum absolute atomic E-state index is 0.159. The van der Waals surface area contributed by atoms with Gasteiger partial charge in [0.15, 0.2) is 0 Å². The molecule has 0 unspecified atom stereocenters. The van der Waals surface area contributed by atoms with E-state index < -0.39 is 16.8 Å². The smallest absolute Gasteiger partial charge is 0.339 e. The number of nitrogens with zero attached hydrogens (tertiary/aromatic N) is 1. The Hall–Kier alpha value is -1.95. The molecule has 110 valence electrons. The van der Waals surface area contributed by atoms with Crippen LogP contribution in [0.3, 0.4) is 0 Å². The topological polar surface area (TPSA) is 79.3 Å². The highest BCUT2D eigenvalue weighted by atomic mass is 32.2. The van der Waals surface area contributed by atoms with Gasteiger partial charge in [-0.2, -0.15) is 0 Å². The van der Waals surface area contributed by atoms with Crippen molar-refractivity contribution in [1.29, 1.82) is 0 Å². The first-order chi connectivity index (χ1) is 10.1. The molecule has 0 atom stereocenters. The molecule has 2 heterocycles. The van der Waals surface area contributed by atoms with Gasteiger partial charge >= 0.3 is 5.97 Å². The Bertz CT molecular complexity index is 707. The van der Waals surface area contributed by atoms with Crippen LogP contribution >= 0.6 is 0 Å². The normalized spacial score (nSPS) is 22.1. The summed E-state index contributed by atoms with van der Waals surface area (Å²) in [5, 5.41) is 13.5. The highest BCUT2D eigenvalue weighted by molar-refractivity contribution is 7.85. The number of hydrogen-bond donors (Lipinski definition) is 2. The molecule has 0 aliphatic carbocycles. The van der Waals surface area contributed by atoms with Gasteiger partial charge in [-0.25, -0.2) is 4.79 Å². The molecule has 1 saturated heterocycles. The van der Waals surface area contributed by atoms with Crippen molar-refractivity contribution in [2.75, 3.05) is 16.8 Å². The summed E-state index contributed by atoms with van der Waals surface area (Å²) in [7, 11) is -0.729. The zero-order chi connectivity index (χ0) is 14.8. The second kappa shape index (κ2) is 5.81. The van der Waals surface area contributed by atoms with E-state index in [2.05, 4.69) is 10.3 Å². The lowest BCUT2D eigenvalue weighted by Gasteiger charge is -2.25. The predicted molar refractivity (Wildman–Crippen MR) is 83.2 cm³/mol. The van der Waals surface area contributed by atoms with Gasteiger partial charge in [0.2, 0.25) is 0 Å². The first-order valence-electron chi connectivity index (χ1n) is 6.87. The second-order valence-electron chi connectivity index (χ2n) is 5.14. The maximum Gasteiger partial charge on any atom is 0.339 e. The standard InChI is InChI=1S/C15H16N2O3S/c18-15(19)12-9-16-13-4-2-1-3-11(13)14(12)17-10-5-7-21(20)8-6-10/h1-4,9-10H,5-8H2,(H,16,17)(H,18,19). The van der Waals surface area contributed by atoms with E-state index in [1.54, 1.807) is 0 Å². The number of aromatic carboxylic acids is 1. The predicted octanol–water partition coefficient (Wildman–Crippen LogP) is 2.26. The molecule has 21 heavy (non-hydrogen) atoms. The van der Waals surface area contributed by atoms with Crippen LogP contribution in [-0.2, 0) is 10.8 Å². The molecule has 0 bridgehead atoms. The van der Waals surface area contributed by atoms with Crippen molar-refractivity contribution in [3.63, 3.8) is 0 Å². The van der Waals surface area contributed by atoms with Crippen molar-refractivity contribution in [3.05, 3.63) is 36.0 Å². The summed E-state index contributed by atoms with van der Waals surface area (Å²) in [6.45, 7) is 0. The van der Waals surface area contributed by atoms with Crippen LogP contribution in [0.4, 0.5) is 5.69 Å². The summed E-state index contributed by atoms with van der Waals surface area (Å²) in [6, 6.07) is 7.65. The van der Waals surface area contributed by atoms with Crippen molar-refractivity contribution in [2.45, 2.75) is 18.9 Å². The first kappa shape index (κ1) is 14.0. The number of anilines is 1. The van der Waals surface area contributed by atoms with E-state index in [-0.39, 0.29) is 11.6 Å². The van der Waals surface area contributed by atoms with Crippen molar-refractivity contribution in [1.82, 2.24) is 4.98 Å². The zero-order valence-electron chi connectivity index (χ0n) is 11.4. The largest absolute Gasteiger partial charge is 0.478 e. The summed E-state index contributed by atoms with van der Waals surface area (Å²) in [5.74, 6) is 0.349. The Kier molecular flexibility index (Phi) is 3.88. The molecule has 5 nitrogen and oxygen atoms in total. The third kappa shape index (κ3) is 2.90. The molecule has 6 heteroatoms. The second-order valence-corrected chi connectivity index (χ2v) is 6.83. The van der Waals surface area contributed by atoms with Crippen LogP contribution in [0, 0.1) is 0 Å². The van der Waals surface area contributed by atoms with E-state index in [4.69, 9.17) is 0 Å². The molecule has 1 aromatic carbocycles. The average Bonchev–Trinajstić information content (AvgIpc) is 2.49. The summed E-state index contributed by atoms with van der Waals surface area (Å²) < 4.78 is 11.4. The lowest BCUT2D eigenvalue weighted by atomic mass is 10.1. The van der Waals surface area contributed by atoms with Gasteiger partial charge in [0.1, 0.15) is 5.56 Å². The number of fused-ring (bicyclic) bond motifs is 1. The van der Waals surface area contributed by atoms with Gasteiger partial charge in [0.25, 0.3) is 0 Å². The van der Waals surface area contributed by atoms with E-state index in [9.17, 15) is 14.1 Å². The lowest BCUT2D eigenvalue weighted by Crippen LogP contribution is -2.30.